The molecule has 5 heteroatoms. The molecule has 1 amide bonds. The summed E-state index contributed by atoms with van der Waals surface area (Å²) in [6.07, 6.45) is 0.801. The molecule has 0 aliphatic carbocycles. The Balaban J connectivity index is 2.11. The van der Waals surface area contributed by atoms with Crippen LogP contribution in [0.5, 0.6) is 0 Å². The molecule has 0 radical (unpaired) electrons. The molecule has 1 aromatic carbocycles. The van der Waals surface area contributed by atoms with Crippen LogP contribution in [0.1, 0.15) is 11.5 Å². The maximum atomic E-state index is 11.0. The third kappa shape index (κ3) is 2.85. The van der Waals surface area contributed by atoms with Crippen LogP contribution in [-0.2, 0) is 6.42 Å². The van der Waals surface area contributed by atoms with Crippen LogP contribution in [0.2, 0.25) is 0 Å². The van der Waals surface area contributed by atoms with Crippen LogP contribution in [0.25, 0.3) is 11.1 Å². The van der Waals surface area contributed by atoms with E-state index in [1.54, 1.807) is 11.9 Å². The molecule has 0 atom stereocenters. The molecular weight excluding hydrogens is 284 g/mol. The van der Waals surface area contributed by atoms with Crippen molar-refractivity contribution in [2.24, 2.45) is 0 Å². The van der Waals surface area contributed by atoms with Crippen molar-refractivity contribution < 1.29 is 9.21 Å². The molecule has 17 heavy (non-hydrogen) atoms. The Bertz CT molecular complexity index is 550. The normalized spacial score (nSPS) is 10.8. The fourth-order valence-corrected chi connectivity index (χ4v) is 1.81. The third-order valence-electron chi connectivity index (χ3n) is 2.59. The monoisotopic (exact) mass is 296 g/mol. The molecular formula is C12H13BrN2O2. The van der Waals surface area contributed by atoms with E-state index < -0.39 is 0 Å². The Morgan fingerprint density at radius 2 is 2.29 bits per heavy atom. The van der Waals surface area contributed by atoms with Gasteiger partial charge in [-0.2, -0.15) is 0 Å². The summed E-state index contributed by atoms with van der Waals surface area (Å²) in [6, 6.07) is 5.92. The lowest BCUT2D eigenvalue weighted by molar-refractivity contribution is 0.235. The van der Waals surface area contributed by atoms with E-state index in [0.717, 1.165) is 23.1 Å². The maximum absolute atomic E-state index is 11.0. The van der Waals surface area contributed by atoms with Crippen molar-refractivity contribution in [1.29, 1.82) is 0 Å². The van der Waals surface area contributed by atoms with Gasteiger partial charge in [-0.3, -0.25) is 4.79 Å². The second-order valence-corrected chi connectivity index (χ2v) is 4.64. The summed E-state index contributed by atoms with van der Waals surface area (Å²) < 4.78 is 5.40. The van der Waals surface area contributed by atoms with Crippen molar-refractivity contribution in [3.63, 3.8) is 0 Å². The zero-order valence-corrected chi connectivity index (χ0v) is 11.3. The number of carbonyl (C=O) groups excluding carboxylic acids is 1. The highest BCUT2D eigenvalue weighted by molar-refractivity contribution is 9.18. The van der Waals surface area contributed by atoms with Crippen molar-refractivity contribution >= 4 is 31.8 Å². The molecule has 4 nitrogen and oxygen atoms in total. The van der Waals surface area contributed by atoms with Gasteiger partial charge in [0.15, 0.2) is 11.5 Å². The number of nitrogens with zero attached hydrogens (tertiary/aromatic N) is 2. The molecule has 0 saturated carbocycles. The fourth-order valence-electron chi connectivity index (χ4n) is 1.63. The smallest absolute Gasteiger partial charge is 0.289 e. The highest BCUT2D eigenvalue weighted by Gasteiger charge is 2.06. The minimum Gasteiger partial charge on any atom is -0.441 e. The first kappa shape index (κ1) is 12.1. The topological polar surface area (TPSA) is 46.3 Å². The largest absolute Gasteiger partial charge is 0.441 e. The van der Waals surface area contributed by atoms with Gasteiger partial charge in [0, 0.05) is 36.4 Å². The van der Waals surface area contributed by atoms with Gasteiger partial charge in [0.25, 0.3) is 4.82 Å². The lowest BCUT2D eigenvalue weighted by Gasteiger charge is -2.12. The average Bonchev–Trinajstić information content (AvgIpc) is 2.64. The summed E-state index contributed by atoms with van der Waals surface area (Å²) in [5, 5.41) is 0. The summed E-state index contributed by atoms with van der Waals surface area (Å²) in [6.45, 7) is 2.50. The van der Waals surface area contributed by atoms with E-state index in [4.69, 9.17) is 4.42 Å². The van der Waals surface area contributed by atoms with Gasteiger partial charge >= 0.3 is 0 Å². The van der Waals surface area contributed by atoms with E-state index in [1.807, 2.05) is 25.1 Å². The van der Waals surface area contributed by atoms with Crippen LogP contribution in [0.15, 0.2) is 22.6 Å². The Morgan fingerprint density at radius 3 is 3.00 bits per heavy atom. The number of halogens is 1. The van der Waals surface area contributed by atoms with E-state index >= 15 is 0 Å². The predicted molar refractivity (Wildman–Crippen MR) is 69.4 cm³/mol. The van der Waals surface area contributed by atoms with Crippen molar-refractivity contribution in [2.75, 3.05) is 13.6 Å². The van der Waals surface area contributed by atoms with Gasteiger partial charge in [-0.1, -0.05) is 6.07 Å². The number of amides is 1. The highest BCUT2D eigenvalue weighted by atomic mass is 79.9. The van der Waals surface area contributed by atoms with Gasteiger partial charge in [0.05, 0.1) is 0 Å². The molecule has 0 saturated heterocycles. The summed E-state index contributed by atoms with van der Waals surface area (Å²) >= 11 is 2.92. The van der Waals surface area contributed by atoms with Crippen molar-refractivity contribution in [3.05, 3.63) is 29.7 Å². The van der Waals surface area contributed by atoms with Crippen LogP contribution < -0.4 is 0 Å². The molecule has 0 aliphatic heterocycles. The first-order valence-corrected chi connectivity index (χ1v) is 6.12. The van der Waals surface area contributed by atoms with Crippen LogP contribution in [0.4, 0.5) is 4.79 Å². The SMILES string of the molecule is Cc1nc2cc(CCN(C)C(=O)Br)ccc2o1. The van der Waals surface area contributed by atoms with Crippen LogP contribution >= 0.6 is 15.9 Å². The molecule has 1 heterocycles. The van der Waals surface area contributed by atoms with Gasteiger partial charge in [0.2, 0.25) is 0 Å². The molecule has 2 rings (SSSR count). The Labute approximate surface area is 108 Å². The number of likely N-dealkylation sites (N-methyl/N-ethyl adjacent to an activating group) is 1. The number of aromatic nitrogens is 1. The van der Waals surface area contributed by atoms with Crippen molar-refractivity contribution in [2.45, 2.75) is 13.3 Å². The number of fused-ring (bicyclic) bond motifs is 1. The zero-order valence-electron chi connectivity index (χ0n) is 9.74. The molecule has 1 aromatic heterocycles. The lowest BCUT2D eigenvalue weighted by atomic mass is 10.1. The van der Waals surface area contributed by atoms with Crippen molar-refractivity contribution in [3.8, 4) is 0 Å². The predicted octanol–water partition coefficient (Wildman–Crippen LogP) is 3.13. The van der Waals surface area contributed by atoms with Gasteiger partial charge in [0.1, 0.15) is 5.52 Å². The number of hydrogen-bond donors (Lipinski definition) is 0. The number of carbonyl (C=O) groups is 1. The van der Waals surface area contributed by atoms with Gasteiger partial charge < -0.3 is 9.32 Å². The number of aryl methyl sites for hydroxylation is 1. The molecule has 0 bridgehead atoms. The molecule has 0 fully saturated rings. The molecule has 0 N–H and O–H groups in total. The zero-order chi connectivity index (χ0) is 12.4. The van der Waals surface area contributed by atoms with E-state index in [-0.39, 0.29) is 4.82 Å². The number of oxazole rings is 1. The summed E-state index contributed by atoms with van der Waals surface area (Å²) in [5.74, 6) is 0.671. The van der Waals surface area contributed by atoms with E-state index in [0.29, 0.717) is 12.4 Å². The lowest BCUT2D eigenvalue weighted by Crippen LogP contribution is -2.23. The number of rotatable bonds is 3. The maximum Gasteiger partial charge on any atom is 0.289 e. The summed E-state index contributed by atoms with van der Waals surface area (Å²) in [5.41, 5.74) is 2.82. The minimum absolute atomic E-state index is 0.101. The van der Waals surface area contributed by atoms with Crippen molar-refractivity contribution in [1.82, 2.24) is 9.88 Å². The quantitative estimate of drug-likeness (QED) is 0.646. The molecule has 0 aliphatic rings. The van der Waals surface area contributed by atoms with Crippen LogP contribution in [-0.4, -0.2) is 28.3 Å². The second kappa shape index (κ2) is 4.87. The molecule has 90 valence electrons. The fraction of sp³-hybridized carbons (Fsp3) is 0.333. The first-order chi connectivity index (χ1) is 8.06. The van der Waals surface area contributed by atoms with Gasteiger partial charge in [-0.25, -0.2) is 4.98 Å². The van der Waals surface area contributed by atoms with E-state index in [1.165, 1.54) is 0 Å². The summed E-state index contributed by atoms with van der Waals surface area (Å²) in [7, 11) is 1.76. The third-order valence-corrected chi connectivity index (χ3v) is 3.20. The van der Waals surface area contributed by atoms with Gasteiger partial charge in [-0.05, 0) is 24.1 Å². The molecule has 0 spiro atoms. The van der Waals surface area contributed by atoms with E-state index in [2.05, 4.69) is 20.9 Å². The van der Waals surface area contributed by atoms with Crippen LogP contribution in [0.3, 0.4) is 0 Å². The molecule has 0 unspecified atom stereocenters. The second-order valence-electron chi connectivity index (χ2n) is 3.96. The summed E-state index contributed by atoms with van der Waals surface area (Å²) in [4.78, 5) is 16.8. The van der Waals surface area contributed by atoms with Gasteiger partial charge in [-0.15, -0.1) is 0 Å². The Hall–Kier alpha value is -1.36. The minimum atomic E-state index is -0.101. The molecule has 2 aromatic rings. The highest BCUT2D eigenvalue weighted by Crippen LogP contribution is 2.17. The Morgan fingerprint density at radius 1 is 1.53 bits per heavy atom. The standard InChI is InChI=1S/C12H13BrN2O2/c1-8-14-10-7-9(3-4-11(10)17-8)5-6-15(2)12(13)16/h3-4,7H,5-6H2,1-2H3. The van der Waals surface area contributed by atoms with Crippen LogP contribution in [0, 0.1) is 6.92 Å². The van der Waals surface area contributed by atoms with E-state index in [9.17, 15) is 4.79 Å². The Kier molecular flexibility index (Phi) is 3.47. The number of hydrogen-bond acceptors (Lipinski definition) is 3. The average molecular weight is 297 g/mol. The first-order valence-electron chi connectivity index (χ1n) is 5.33. The number of benzene rings is 1.